The number of halogens is 5. The topological polar surface area (TPSA) is 32.1 Å². The highest BCUT2D eigenvalue weighted by molar-refractivity contribution is 6.50. The first-order valence-electron chi connectivity index (χ1n) is 8.57. The highest BCUT2D eigenvalue weighted by Crippen LogP contribution is 2.15. The molecule has 10 heteroatoms. The Bertz CT molecular complexity index is 947. The zero-order valence-corrected chi connectivity index (χ0v) is 15.7. The van der Waals surface area contributed by atoms with Crippen LogP contribution in [0.2, 0.25) is 5.02 Å². The Balaban J connectivity index is 0.000000431. The van der Waals surface area contributed by atoms with Crippen molar-refractivity contribution in [3.63, 3.8) is 0 Å². The fraction of sp³-hybridized carbons (Fsp3) is 0. The SMILES string of the molecule is Clc1ccc(C2=N[NH+](c3ccccc3)N(c3ccccc3)N2)cc1.F[B-](F)(F)F. The third-order valence-corrected chi connectivity index (χ3v) is 4.06. The van der Waals surface area contributed by atoms with Crippen LogP contribution < -0.4 is 15.7 Å². The van der Waals surface area contributed by atoms with Crippen molar-refractivity contribution in [2.24, 2.45) is 5.10 Å². The van der Waals surface area contributed by atoms with Gasteiger partial charge in [-0.3, -0.25) is 0 Å². The summed E-state index contributed by atoms with van der Waals surface area (Å²) in [6.07, 6.45) is 0. The summed E-state index contributed by atoms with van der Waals surface area (Å²) in [4.78, 5) is 0. The average molecular weight is 423 g/mol. The van der Waals surface area contributed by atoms with Gasteiger partial charge < -0.3 is 17.3 Å². The summed E-state index contributed by atoms with van der Waals surface area (Å²) < 4.78 is 39.0. The standard InChI is InChI=1S/C19H15ClN4.BF4/c20-16-13-11-15(12-14-16)19-21-23(17-7-3-1-4-8-17)24(22-19)18-9-5-2-6-10-18;2-1(3,4)5/h1-14H,(H,21,22);/q;-1/p+1. The van der Waals surface area contributed by atoms with E-state index < -0.39 is 7.25 Å². The van der Waals surface area contributed by atoms with Crippen LogP contribution in [0.3, 0.4) is 0 Å². The first kappa shape index (κ1) is 20.7. The molecule has 0 saturated carbocycles. The molecule has 4 nitrogen and oxygen atoms in total. The third kappa shape index (κ3) is 5.97. The normalized spacial score (nSPS) is 15.8. The zero-order chi connectivity index (χ0) is 20.9. The van der Waals surface area contributed by atoms with Gasteiger partial charge in [-0.05, 0) is 41.5 Å². The van der Waals surface area contributed by atoms with Gasteiger partial charge in [-0.2, -0.15) is 0 Å². The molecule has 0 fully saturated rings. The van der Waals surface area contributed by atoms with Crippen LogP contribution in [0, 0.1) is 0 Å². The van der Waals surface area contributed by atoms with Crippen LogP contribution in [0.1, 0.15) is 5.56 Å². The summed E-state index contributed by atoms with van der Waals surface area (Å²) in [5.74, 6) is 0.800. The molecule has 1 aliphatic rings. The molecule has 2 N–H and O–H groups in total. The lowest BCUT2D eigenvalue weighted by molar-refractivity contribution is -0.846. The van der Waals surface area contributed by atoms with E-state index in [1.807, 2.05) is 65.8 Å². The molecule has 4 rings (SSSR count). The Labute approximate surface area is 170 Å². The maximum atomic E-state index is 9.75. The number of benzene rings is 3. The van der Waals surface area contributed by atoms with Crippen molar-refractivity contribution >= 4 is 36.1 Å². The van der Waals surface area contributed by atoms with Crippen LogP contribution in [-0.2, 0) is 0 Å². The first-order valence-corrected chi connectivity index (χ1v) is 8.95. The third-order valence-electron chi connectivity index (χ3n) is 3.81. The Kier molecular flexibility index (Phi) is 6.41. The molecule has 0 radical (unpaired) electrons. The number of hydrazine groups is 1. The van der Waals surface area contributed by atoms with Crippen LogP contribution in [-0.4, -0.2) is 13.1 Å². The molecule has 1 atom stereocenters. The molecule has 1 unspecified atom stereocenters. The average Bonchev–Trinajstić information content (AvgIpc) is 3.14. The van der Waals surface area contributed by atoms with E-state index in [4.69, 9.17) is 16.7 Å². The molecule has 0 bridgehead atoms. The van der Waals surface area contributed by atoms with Crippen LogP contribution in [0.4, 0.5) is 28.6 Å². The van der Waals surface area contributed by atoms with E-state index in [0.717, 1.165) is 27.9 Å². The van der Waals surface area contributed by atoms with Crippen molar-refractivity contribution < 1.29 is 22.4 Å². The van der Waals surface area contributed by atoms with Crippen molar-refractivity contribution in [3.05, 3.63) is 95.5 Å². The molecule has 0 saturated heterocycles. The fourth-order valence-corrected chi connectivity index (χ4v) is 2.75. The van der Waals surface area contributed by atoms with Crippen LogP contribution >= 0.6 is 11.6 Å². The largest absolute Gasteiger partial charge is 0.673 e. The van der Waals surface area contributed by atoms with Gasteiger partial charge in [0.25, 0.3) is 0 Å². The lowest BCUT2D eigenvalue weighted by Gasteiger charge is -2.21. The number of nitrogens with one attached hydrogen (secondary N) is 2. The van der Waals surface area contributed by atoms with Gasteiger partial charge in [0.15, 0.2) is 5.69 Å². The van der Waals surface area contributed by atoms with E-state index in [-0.39, 0.29) is 0 Å². The number of anilines is 1. The summed E-state index contributed by atoms with van der Waals surface area (Å²) in [6, 6.07) is 27.9. The molecule has 0 spiro atoms. The number of hydrogen-bond acceptors (Lipinski definition) is 3. The van der Waals surface area contributed by atoms with E-state index in [1.54, 1.807) is 0 Å². The van der Waals surface area contributed by atoms with Crippen LogP contribution in [0.5, 0.6) is 0 Å². The van der Waals surface area contributed by atoms with E-state index in [0.29, 0.717) is 5.02 Å². The number of amidine groups is 1. The van der Waals surface area contributed by atoms with Crippen molar-refractivity contribution in [1.29, 1.82) is 0 Å². The second-order valence-corrected chi connectivity index (χ2v) is 6.37. The molecule has 29 heavy (non-hydrogen) atoms. The molecule has 1 aliphatic heterocycles. The molecule has 0 aromatic heterocycles. The Morgan fingerprint density at radius 3 is 1.86 bits per heavy atom. The number of nitrogens with zero attached hydrogens (tertiary/aromatic N) is 2. The highest BCUT2D eigenvalue weighted by atomic mass is 35.5. The summed E-state index contributed by atoms with van der Waals surface area (Å²) in [7, 11) is -6.00. The van der Waals surface area contributed by atoms with Crippen molar-refractivity contribution in [2.45, 2.75) is 0 Å². The number of quaternary nitrogens is 1. The molecule has 3 aromatic carbocycles. The molecule has 1 heterocycles. The second-order valence-electron chi connectivity index (χ2n) is 5.93. The van der Waals surface area contributed by atoms with Gasteiger partial charge in [-0.25, -0.2) is 5.43 Å². The minimum Gasteiger partial charge on any atom is -0.418 e. The van der Waals surface area contributed by atoms with Gasteiger partial charge in [0.2, 0.25) is 5.84 Å². The second kappa shape index (κ2) is 8.98. The Hall–Kier alpha value is -3.04. The first-order chi connectivity index (χ1) is 13.8. The maximum absolute atomic E-state index is 9.75. The molecule has 0 amide bonds. The number of rotatable bonds is 3. The number of para-hydroxylation sites is 1. The Morgan fingerprint density at radius 2 is 1.31 bits per heavy atom. The molecule has 3 aromatic rings. The van der Waals surface area contributed by atoms with Crippen molar-refractivity contribution in [1.82, 2.24) is 5.43 Å². The minimum atomic E-state index is -6.00. The molecular weight excluding hydrogens is 406 g/mol. The highest BCUT2D eigenvalue weighted by Gasteiger charge is 2.31. The monoisotopic (exact) mass is 422 g/mol. The summed E-state index contributed by atoms with van der Waals surface area (Å²) in [6.45, 7) is 0. The predicted octanol–water partition coefficient (Wildman–Crippen LogP) is 4.46. The molecule has 150 valence electrons. The van der Waals surface area contributed by atoms with Gasteiger partial charge >= 0.3 is 7.25 Å². The van der Waals surface area contributed by atoms with Gasteiger partial charge in [-0.15, -0.1) is 0 Å². The fourth-order valence-electron chi connectivity index (χ4n) is 2.62. The van der Waals surface area contributed by atoms with Crippen LogP contribution in [0.15, 0.2) is 90.0 Å². The van der Waals surface area contributed by atoms with Gasteiger partial charge in [-0.1, -0.05) is 58.2 Å². The van der Waals surface area contributed by atoms with Gasteiger partial charge in [0.1, 0.15) is 5.69 Å². The van der Waals surface area contributed by atoms with Crippen molar-refractivity contribution in [3.8, 4) is 0 Å². The van der Waals surface area contributed by atoms with Crippen molar-refractivity contribution in [2.75, 3.05) is 5.12 Å². The van der Waals surface area contributed by atoms with Gasteiger partial charge in [0.05, 0.1) is 0 Å². The van der Waals surface area contributed by atoms with Crippen LogP contribution in [0.25, 0.3) is 0 Å². The lowest BCUT2D eigenvalue weighted by atomic mass is 10.2. The molecule has 0 aliphatic carbocycles. The van der Waals surface area contributed by atoms with E-state index in [9.17, 15) is 17.3 Å². The zero-order valence-electron chi connectivity index (χ0n) is 14.9. The van der Waals surface area contributed by atoms with E-state index in [2.05, 4.69) is 29.7 Å². The molecular formula is C19H16BClF4N4. The summed E-state index contributed by atoms with van der Waals surface area (Å²) >= 11 is 5.99. The van der Waals surface area contributed by atoms with E-state index >= 15 is 0 Å². The lowest BCUT2D eigenvalue weighted by Crippen LogP contribution is -3.10. The number of hydrogen-bond donors (Lipinski definition) is 2. The summed E-state index contributed by atoms with van der Waals surface area (Å²) in [5.41, 5.74) is 6.47. The predicted molar refractivity (Wildman–Crippen MR) is 107 cm³/mol. The quantitative estimate of drug-likeness (QED) is 0.483. The minimum absolute atomic E-state index is 0.713. The van der Waals surface area contributed by atoms with Gasteiger partial charge in [0, 0.05) is 22.7 Å². The maximum Gasteiger partial charge on any atom is 0.673 e. The van der Waals surface area contributed by atoms with E-state index in [1.165, 1.54) is 0 Å². The summed E-state index contributed by atoms with van der Waals surface area (Å²) in [5, 5.41) is 8.40. The smallest absolute Gasteiger partial charge is 0.418 e. The Morgan fingerprint density at radius 1 is 0.793 bits per heavy atom.